The predicted octanol–water partition coefficient (Wildman–Crippen LogP) is 3.83. The number of nitrogens with one attached hydrogen (secondary N) is 1. The van der Waals surface area contributed by atoms with Crippen LogP contribution >= 0.6 is 0 Å². The highest BCUT2D eigenvalue weighted by Gasteiger charge is 2.21. The number of carboxylic acid groups (broad SMARTS) is 1. The van der Waals surface area contributed by atoms with Crippen LogP contribution in [0, 0.1) is 6.92 Å². The zero-order chi connectivity index (χ0) is 17.9. The predicted molar refractivity (Wildman–Crippen MR) is 91.0 cm³/mol. The van der Waals surface area contributed by atoms with Gasteiger partial charge >= 0.3 is 5.97 Å². The van der Waals surface area contributed by atoms with E-state index in [4.69, 9.17) is 9.52 Å². The van der Waals surface area contributed by atoms with Gasteiger partial charge in [-0.25, -0.2) is 0 Å². The molecule has 5 nitrogen and oxygen atoms in total. The topological polar surface area (TPSA) is 79.5 Å². The highest BCUT2D eigenvalue weighted by molar-refractivity contribution is 5.92. The largest absolute Gasteiger partial charge is 0.481 e. The van der Waals surface area contributed by atoms with Crippen molar-refractivity contribution in [1.29, 1.82) is 0 Å². The molecule has 0 bridgehead atoms. The van der Waals surface area contributed by atoms with E-state index in [1.807, 2.05) is 24.3 Å². The Balaban J connectivity index is 2.21. The van der Waals surface area contributed by atoms with Crippen LogP contribution in [0.1, 0.15) is 60.7 Å². The normalized spacial score (nSPS) is 12.7. The average molecular weight is 329 g/mol. The summed E-state index contributed by atoms with van der Waals surface area (Å²) in [4.78, 5) is 23.4. The van der Waals surface area contributed by atoms with E-state index < -0.39 is 17.9 Å². The van der Waals surface area contributed by atoms with E-state index in [2.05, 4.69) is 26.1 Å². The SMILES string of the molecule is Cc1ccc(C(=O)NC(CC(=O)O)c2ccc(C(C)(C)C)cc2)o1. The summed E-state index contributed by atoms with van der Waals surface area (Å²) >= 11 is 0. The standard InChI is InChI=1S/C19H23NO4/c1-12-5-10-16(24-12)18(23)20-15(11-17(21)22)13-6-8-14(9-7-13)19(2,3)4/h5-10,15H,11H2,1-4H3,(H,20,23)(H,21,22). The van der Waals surface area contributed by atoms with Crippen molar-refractivity contribution >= 4 is 11.9 Å². The van der Waals surface area contributed by atoms with Gasteiger partial charge in [0.05, 0.1) is 12.5 Å². The van der Waals surface area contributed by atoms with Crippen molar-refractivity contribution in [2.75, 3.05) is 0 Å². The lowest BCUT2D eigenvalue weighted by Crippen LogP contribution is -2.30. The van der Waals surface area contributed by atoms with Crippen molar-refractivity contribution in [1.82, 2.24) is 5.32 Å². The van der Waals surface area contributed by atoms with Crippen LogP contribution in [0.15, 0.2) is 40.8 Å². The summed E-state index contributed by atoms with van der Waals surface area (Å²) in [5.74, 6) is -0.594. The maximum atomic E-state index is 12.3. The molecular weight excluding hydrogens is 306 g/mol. The van der Waals surface area contributed by atoms with Crippen LogP contribution in [0.25, 0.3) is 0 Å². The fourth-order valence-corrected chi connectivity index (χ4v) is 2.43. The van der Waals surface area contributed by atoms with Gasteiger partial charge < -0.3 is 14.8 Å². The van der Waals surface area contributed by atoms with Crippen LogP contribution in [0.2, 0.25) is 0 Å². The van der Waals surface area contributed by atoms with Gasteiger partial charge in [0.1, 0.15) is 5.76 Å². The highest BCUT2D eigenvalue weighted by atomic mass is 16.4. The number of hydrogen-bond donors (Lipinski definition) is 2. The minimum Gasteiger partial charge on any atom is -0.481 e. The zero-order valence-electron chi connectivity index (χ0n) is 14.4. The number of aliphatic carboxylic acids is 1. The zero-order valence-corrected chi connectivity index (χ0v) is 14.4. The molecule has 2 rings (SSSR count). The van der Waals surface area contributed by atoms with Gasteiger partial charge in [-0.3, -0.25) is 9.59 Å². The first-order valence-electron chi connectivity index (χ1n) is 7.86. The van der Waals surface area contributed by atoms with Crippen molar-refractivity contribution < 1.29 is 19.1 Å². The Labute approximate surface area is 141 Å². The Bertz CT molecular complexity index is 723. The number of rotatable bonds is 5. The Hall–Kier alpha value is -2.56. The summed E-state index contributed by atoms with van der Waals surface area (Å²) in [7, 11) is 0. The van der Waals surface area contributed by atoms with E-state index >= 15 is 0 Å². The highest BCUT2D eigenvalue weighted by Crippen LogP contribution is 2.25. The van der Waals surface area contributed by atoms with Gasteiger partial charge in [-0.2, -0.15) is 0 Å². The van der Waals surface area contributed by atoms with Crippen LogP contribution in [0.4, 0.5) is 0 Å². The van der Waals surface area contributed by atoms with Crippen molar-refractivity contribution in [2.24, 2.45) is 0 Å². The van der Waals surface area contributed by atoms with E-state index in [1.54, 1.807) is 19.1 Å². The summed E-state index contributed by atoms with van der Waals surface area (Å²) in [6, 6.07) is 10.3. The molecule has 1 amide bonds. The van der Waals surface area contributed by atoms with Crippen LogP contribution in [-0.2, 0) is 10.2 Å². The van der Waals surface area contributed by atoms with Crippen LogP contribution in [0.5, 0.6) is 0 Å². The van der Waals surface area contributed by atoms with E-state index in [1.165, 1.54) is 0 Å². The summed E-state index contributed by atoms with van der Waals surface area (Å²) < 4.78 is 5.29. The molecule has 1 atom stereocenters. The molecule has 128 valence electrons. The Morgan fingerprint density at radius 1 is 1.12 bits per heavy atom. The lowest BCUT2D eigenvalue weighted by Gasteiger charge is -2.21. The summed E-state index contributed by atoms with van der Waals surface area (Å²) in [5.41, 5.74) is 1.91. The number of furan rings is 1. The van der Waals surface area contributed by atoms with Crippen molar-refractivity contribution in [3.8, 4) is 0 Å². The third-order valence-electron chi connectivity index (χ3n) is 3.83. The van der Waals surface area contributed by atoms with E-state index in [0.717, 1.165) is 11.1 Å². The molecule has 1 heterocycles. The second kappa shape index (κ2) is 6.91. The van der Waals surface area contributed by atoms with Gasteiger partial charge in [-0.15, -0.1) is 0 Å². The van der Waals surface area contributed by atoms with E-state index in [0.29, 0.717) is 5.76 Å². The van der Waals surface area contributed by atoms with Gasteiger partial charge in [0.2, 0.25) is 0 Å². The second-order valence-corrected chi connectivity index (χ2v) is 6.91. The maximum Gasteiger partial charge on any atom is 0.305 e. The molecule has 1 unspecified atom stereocenters. The minimum atomic E-state index is -0.976. The molecule has 0 radical (unpaired) electrons. The smallest absolute Gasteiger partial charge is 0.305 e. The Kier molecular flexibility index (Phi) is 5.12. The molecule has 5 heteroatoms. The molecule has 0 aliphatic carbocycles. The summed E-state index contributed by atoms with van der Waals surface area (Å²) in [5, 5.41) is 11.9. The van der Waals surface area contributed by atoms with Crippen molar-refractivity contribution in [2.45, 2.75) is 45.6 Å². The van der Waals surface area contributed by atoms with Gasteiger partial charge in [-0.05, 0) is 35.6 Å². The quantitative estimate of drug-likeness (QED) is 0.873. The van der Waals surface area contributed by atoms with Gasteiger partial charge in [0.15, 0.2) is 5.76 Å². The van der Waals surface area contributed by atoms with Gasteiger partial charge in [0.25, 0.3) is 5.91 Å². The first kappa shape index (κ1) is 17.8. The summed E-state index contributed by atoms with van der Waals surface area (Å²) in [6.45, 7) is 8.07. The average Bonchev–Trinajstić information content (AvgIpc) is 2.92. The Morgan fingerprint density at radius 2 is 1.75 bits per heavy atom. The molecule has 1 aromatic heterocycles. The third kappa shape index (κ3) is 4.47. The minimum absolute atomic E-state index is 0.00969. The van der Waals surface area contributed by atoms with Crippen LogP contribution in [-0.4, -0.2) is 17.0 Å². The molecule has 0 spiro atoms. The second-order valence-electron chi connectivity index (χ2n) is 6.91. The van der Waals surface area contributed by atoms with Crippen LogP contribution in [0.3, 0.4) is 0 Å². The monoisotopic (exact) mass is 329 g/mol. The van der Waals surface area contributed by atoms with E-state index in [9.17, 15) is 9.59 Å². The number of amides is 1. The first-order valence-corrected chi connectivity index (χ1v) is 7.86. The number of hydrogen-bond acceptors (Lipinski definition) is 3. The number of aryl methyl sites for hydroxylation is 1. The molecule has 0 saturated carbocycles. The fourth-order valence-electron chi connectivity index (χ4n) is 2.43. The fraction of sp³-hybridized carbons (Fsp3) is 0.368. The number of carbonyl (C=O) groups is 2. The lowest BCUT2D eigenvalue weighted by molar-refractivity contribution is -0.137. The van der Waals surface area contributed by atoms with Gasteiger partial charge in [-0.1, -0.05) is 45.0 Å². The van der Waals surface area contributed by atoms with Crippen molar-refractivity contribution in [3.05, 3.63) is 59.0 Å². The van der Waals surface area contributed by atoms with Crippen molar-refractivity contribution in [3.63, 3.8) is 0 Å². The molecule has 2 N–H and O–H groups in total. The number of carboxylic acids is 1. The Morgan fingerprint density at radius 3 is 2.21 bits per heavy atom. The molecule has 0 fully saturated rings. The molecule has 0 aliphatic heterocycles. The molecule has 24 heavy (non-hydrogen) atoms. The number of carbonyl (C=O) groups excluding carboxylic acids is 1. The first-order chi connectivity index (χ1) is 11.2. The lowest BCUT2D eigenvalue weighted by atomic mass is 9.86. The molecular formula is C19H23NO4. The summed E-state index contributed by atoms with van der Waals surface area (Å²) in [6.07, 6.45) is -0.194. The van der Waals surface area contributed by atoms with Crippen LogP contribution < -0.4 is 5.32 Å². The molecule has 1 aromatic carbocycles. The van der Waals surface area contributed by atoms with E-state index in [-0.39, 0.29) is 17.6 Å². The maximum absolute atomic E-state index is 12.3. The molecule has 0 aliphatic rings. The van der Waals surface area contributed by atoms with Gasteiger partial charge in [0, 0.05) is 0 Å². The third-order valence-corrected chi connectivity index (χ3v) is 3.83. The molecule has 0 saturated heterocycles. The number of benzene rings is 1. The molecule has 2 aromatic rings.